The number of rotatable bonds is 7. The number of carbonyl (C=O) groups excluding carboxylic acids is 1. The quantitative estimate of drug-likeness (QED) is 0.611. The maximum absolute atomic E-state index is 12.9. The standard InChI is InChI=1S/C17H31NO8/c1-9(2)24-14-12(19)13(20)17(25-10(3)4)26-15(14)16(21)18(5)8-11-22-6-7-23-11/h9-15,17,19-20H,6-8H2,1-5H3/t12-,13+,14-,15?,17-/m1/s1. The normalized spacial score (nSPS) is 33.2. The van der Waals surface area contributed by atoms with Crippen LogP contribution < -0.4 is 0 Å². The van der Waals surface area contributed by atoms with E-state index in [4.69, 9.17) is 23.7 Å². The molecule has 9 nitrogen and oxygen atoms in total. The van der Waals surface area contributed by atoms with Gasteiger partial charge in [0.05, 0.1) is 32.0 Å². The summed E-state index contributed by atoms with van der Waals surface area (Å²) in [6.07, 6.45) is -6.92. The third kappa shape index (κ3) is 5.35. The van der Waals surface area contributed by atoms with Gasteiger partial charge in [0.2, 0.25) is 0 Å². The number of aliphatic hydroxyl groups is 2. The van der Waals surface area contributed by atoms with Crippen molar-refractivity contribution >= 4 is 5.91 Å². The Hall–Kier alpha value is -0.810. The molecule has 26 heavy (non-hydrogen) atoms. The molecule has 2 fully saturated rings. The van der Waals surface area contributed by atoms with Gasteiger partial charge in [-0.25, -0.2) is 0 Å². The average molecular weight is 377 g/mol. The maximum atomic E-state index is 12.9. The predicted octanol–water partition coefficient (Wildman–Crippen LogP) is -0.517. The van der Waals surface area contributed by atoms with Crippen molar-refractivity contribution in [2.75, 3.05) is 26.8 Å². The molecule has 2 saturated heterocycles. The highest BCUT2D eigenvalue weighted by Gasteiger charge is 2.50. The number of hydrogen-bond acceptors (Lipinski definition) is 8. The third-order valence-electron chi connectivity index (χ3n) is 4.11. The predicted molar refractivity (Wildman–Crippen MR) is 90.2 cm³/mol. The Morgan fingerprint density at radius 1 is 1.08 bits per heavy atom. The van der Waals surface area contributed by atoms with Crippen LogP contribution in [0.1, 0.15) is 27.7 Å². The van der Waals surface area contributed by atoms with Crippen molar-refractivity contribution in [3.63, 3.8) is 0 Å². The Balaban J connectivity index is 2.13. The molecule has 1 amide bonds. The number of hydrogen-bond donors (Lipinski definition) is 2. The zero-order chi connectivity index (χ0) is 19.4. The SMILES string of the molecule is CC(C)O[C@@H]1OC(C(=O)N(C)CC2OCCO2)[C@H](OC(C)C)[C@H](O)[C@@H]1O. The van der Waals surface area contributed by atoms with Crippen molar-refractivity contribution in [2.24, 2.45) is 0 Å². The first-order valence-electron chi connectivity index (χ1n) is 9.01. The van der Waals surface area contributed by atoms with Gasteiger partial charge >= 0.3 is 0 Å². The lowest BCUT2D eigenvalue weighted by atomic mass is 9.97. The van der Waals surface area contributed by atoms with Gasteiger partial charge in [-0.15, -0.1) is 0 Å². The zero-order valence-corrected chi connectivity index (χ0v) is 16.0. The summed E-state index contributed by atoms with van der Waals surface area (Å²) < 4.78 is 27.6. The first kappa shape index (κ1) is 21.5. The molecule has 2 heterocycles. The van der Waals surface area contributed by atoms with Crippen molar-refractivity contribution in [2.45, 2.75) is 76.9 Å². The first-order valence-corrected chi connectivity index (χ1v) is 9.01. The van der Waals surface area contributed by atoms with Gasteiger partial charge in [0.15, 0.2) is 18.7 Å². The Kier molecular flexibility index (Phi) is 7.77. The Bertz CT molecular complexity index is 454. The molecule has 1 unspecified atom stereocenters. The molecule has 2 aliphatic heterocycles. The van der Waals surface area contributed by atoms with Gasteiger partial charge in [-0.3, -0.25) is 4.79 Å². The van der Waals surface area contributed by atoms with E-state index in [0.29, 0.717) is 13.2 Å². The average Bonchev–Trinajstić information content (AvgIpc) is 3.06. The molecule has 2 aliphatic rings. The second-order valence-corrected chi connectivity index (χ2v) is 7.13. The van der Waals surface area contributed by atoms with E-state index >= 15 is 0 Å². The minimum absolute atomic E-state index is 0.224. The molecule has 2 N–H and O–H groups in total. The van der Waals surface area contributed by atoms with Gasteiger partial charge in [0.1, 0.15) is 18.3 Å². The van der Waals surface area contributed by atoms with Gasteiger partial charge in [-0.2, -0.15) is 0 Å². The second kappa shape index (κ2) is 9.41. The van der Waals surface area contributed by atoms with E-state index in [1.807, 2.05) is 0 Å². The summed E-state index contributed by atoms with van der Waals surface area (Å²) in [5, 5.41) is 20.8. The molecule has 0 bridgehead atoms. The van der Waals surface area contributed by atoms with Gasteiger partial charge in [0.25, 0.3) is 5.91 Å². The van der Waals surface area contributed by atoms with Gasteiger partial charge in [-0.1, -0.05) is 0 Å². The van der Waals surface area contributed by atoms with E-state index in [1.165, 1.54) is 4.90 Å². The van der Waals surface area contributed by atoms with Crippen LogP contribution in [0.25, 0.3) is 0 Å². The molecule has 5 atom stereocenters. The summed E-state index contributed by atoms with van der Waals surface area (Å²) in [6, 6.07) is 0. The fourth-order valence-electron chi connectivity index (χ4n) is 2.93. The lowest BCUT2D eigenvalue weighted by Crippen LogP contribution is -2.63. The molecule has 0 spiro atoms. The number of ether oxygens (including phenoxy) is 5. The maximum Gasteiger partial charge on any atom is 0.254 e. The van der Waals surface area contributed by atoms with E-state index in [1.54, 1.807) is 34.7 Å². The molecule has 0 aromatic carbocycles. The monoisotopic (exact) mass is 377 g/mol. The summed E-state index contributed by atoms with van der Waals surface area (Å²) in [4.78, 5) is 14.3. The zero-order valence-electron chi connectivity index (χ0n) is 16.0. The van der Waals surface area contributed by atoms with Crippen LogP contribution in [0.2, 0.25) is 0 Å². The van der Waals surface area contributed by atoms with E-state index in [2.05, 4.69) is 0 Å². The van der Waals surface area contributed by atoms with Crippen LogP contribution in [0.5, 0.6) is 0 Å². The molecule has 0 aliphatic carbocycles. The minimum Gasteiger partial charge on any atom is -0.387 e. The smallest absolute Gasteiger partial charge is 0.254 e. The van der Waals surface area contributed by atoms with Crippen LogP contribution in [0, 0.1) is 0 Å². The molecular weight excluding hydrogens is 346 g/mol. The van der Waals surface area contributed by atoms with E-state index in [0.717, 1.165) is 0 Å². The number of likely N-dealkylation sites (N-methyl/N-ethyl adjacent to an activating group) is 1. The molecule has 152 valence electrons. The minimum atomic E-state index is -1.32. The van der Waals surface area contributed by atoms with Crippen molar-refractivity contribution in [1.82, 2.24) is 4.90 Å². The molecule has 0 aromatic heterocycles. The molecule has 9 heteroatoms. The Morgan fingerprint density at radius 3 is 2.19 bits per heavy atom. The fraction of sp³-hybridized carbons (Fsp3) is 0.941. The summed E-state index contributed by atoms with van der Waals surface area (Å²) in [7, 11) is 1.60. The lowest BCUT2D eigenvalue weighted by molar-refractivity contribution is -0.309. The molecular formula is C17H31NO8. The van der Waals surface area contributed by atoms with E-state index < -0.39 is 42.9 Å². The highest BCUT2D eigenvalue weighted by Crippen LogP contribution is 2.27. The van der Waals surface area contributed by atoms with Crippen LogP contribution in [0.3, 0.4) is 0 Å². The summed E-state index contributed by atoms with van der Waals surface area (Å²) in [5.41, 5.74) is 0. The Labute approximate surface area is 154 Å². The van der Waals surface area contributed by atoms with E-state index in [-0.39, 0.29) is 18.8 Å². The van der Waals surface area contributed by atoms with Gasteiger partial charge in [-0.05, 0) is 27.7 Å². The van der Waals surface area contributed by atoms with Crippen LogP contribution in [0.15, 0.2) is 0 Å². The van der Waals surface area contributed by atoms with Crippen molar-refractivity contribution in [3.8, 4) is 0 Å². The number of aliphatic hydroxyl groups excluding tert-OH is 2. The highest BCUT2D eigenvalue weighted by molar-refractivity contribution is 5.81. The van der Waals surface area contributed by atoms with Crippen LogP contribution >= 0.6 is 0 Å². The molecule has 0 saturated carbocycles. The Morgan fingerprint density at radius 2 is 1.65 bits per heavy atom. The fourth-order valence-corrected chi connectivity index (χ4v) is 2.93. The number of nitrogens with zero attached hydrogens (tertiary/aromatic N) is 1. The van der Waals surface area contributed by atoms with Crippen molar-refractivity contribution in [1.29, 1.82) is 0 Å². The van der Waals surface area contributed by atoms with Crippen molar-refractivity contribution in [3.05, 3.63) is 0 Å². The largest absolute Gasteiger partial charge is 0.387 e. The van der Waals surface area contributed by atoms with Crippen LogP contribution in [-0.2, 0) is 28.5 Å². The second-order valence-electron chi connectivity index (χ2n) is 7.13. The van der Waals surface area contributed by atoms with Crippen LogP contribution in [-0.4, -0.2) is 97.0 Å². The van der Waals surface area contributed by atoms with Gasteiger partial charge < -0.3 is 38.8 Å². The topological polar surface area (TPSA) is 107 Å². The van der Waals surface area contributed by atoms with Crippen LogP contribution in [0.4, 0.5) is 0 Å². The van der Waals surface area contributed by atoms with Gasteiger partial charge in [0, 0.05) is 7.05 Å². The molecule has 0 radical (unpaired) electrons. The number of carbonyl (C=O) groups is 1. The summed E-state index contributed by atoms with van der Waals surface area (Å²) >= 11 is 0. The molecule has 2 rings (SSSR count). The summed E-state index contributed by atoms with van der Waals surface area (Å²) in [6.45, 7) is 8.31. The van der Waals surface area contributed by atoms with Crippen molar-refractivity contribution < 1.29 is 38.7 Å². The van der Waals surface area contributed by atoms with E-state index in [9.17, 15) is 15.0 Å². The highest BCUT2D eigenvalue weighted by atomic mass is 16.7. The summed E-state index contributed by atoms with van der Waals surface area (Å²) in [5.74, 6) is -0.405. The first-order chi connectivity index (χ1) is 12.2. The number of amides is 1. The molecule has 0 aromatic rings. The lowest BCUT2D eigenvalue weighted by Gasteiger charge is -2.43. The third-order valence-corrected chi connectivity index (χ3v) is 4.11.